The molecule has 0 bridgehead atoms. The van der Waals surface area contributed by atoms with Crippen molar-refractivity contribution in [3.8, 4) is 0 Å². The summed E-state index contributed by atoms with van der Waals surface area (Å²) in [5, 5.41) is 2.95. The Hall–Kier alpha value is -1.89. The van der Waals surface area contributed by atoms with Crippen molar-refractivity contribution in [2.45, 2.75) is 6.92 Å². The van der Waals surface area contributed by atoms with Crippen LogP contribution in [0.15, 0.2) is 18.2 Å². The molecule has 1 aliphatic rings. The first kappa shape index (κ1) is 14.5. The number of benzene rings is 1. The first-order chi connectivity index (χ1) is 9.35. The van der Waals surface area contributed by atoms with Gasteiger partial charge < -0.3 is 5.32 Å². The van der Waals surface area contributed by atoms with Gasteiger partial charge in [-0.1, -0.05) is 6.92 Å². The zero-order valence-electron chi connectivity index (χ0n) is 11.3. The monoisotopic (exact) mass is 296 g/mol. The van der Waals surface area contributed by atoms with Crippen molar-refractivity contribution >= 4 is 27.3 Å². The molecule has 1 N–H and O–H groups in total. The molecule has 20 heavy (non-hydrogen) atoms. The molecule has 0 atom stereocenters. The highest BCUT2D eigenvalue weighted by atomic mass is 32.2. The third-order valence-corrected chi connectivity index (χ3v) is 4.98. The van der Waals surface area contributed by atoms with Crippen molar-refractivity contribution in [1.29, 1.82) is 0 Å². The van der Waals surface area contributed by atoms with Gasteiger partial charge in [0.25, 0.3) is 11.8 Å². The number of carbonyl (C=O) groups excluding carboxylic acids is 2. The van der Waals surface area contributed by atoms with Crippen molar-refractivity contribution in [3.63, 3.8) is 0 Å². The largest absolute Gasteiger partial charge is 0.384 e. The molecule has 0 radical (unpaired) electrons. The fourth-order valence-corrected chi connectivity index (χ4v) is 2.67. The highest BCUT2D eigenvalue weighted by Crippen LogP contribution is 2.24. The van der Waals surface area contributed by atoms with Crippen LogP contribution in [0, 0.1) is 0 Å². The third kappa shape index (κ3) is 2.67. The number of hydrogen-bond acceptors (Lipinski definition) is 5. The van der Waals surface area contributed by atoms with E-state index in [0.29, 0.717) is 16.8 Å². The fourth-order valence-electron chi connectivity index (χ4n) is 1.97. The van der Waals surface area contributed by atoms with Gasteiger partial charge in [0.1, 0.15) is 0 Å². The van der Waals surface area contributed by atoms with E-state index in [1.807, 2.05) is 0 Å². The van der Waals surface area contributed by atoms with Crippen molar-refractivity contribution < 1.29 is 18.0 Å². The number of imide groups is 1. The van der Waals surface area contributed by atoms with E-state index in [9.17, 15) is 18.0 Å². The summed E-state index contributed by atoms with van der Waals surface area (Å²) >= 11 is 0. The fraction of sp³-hybridized carbons (Fsp3) is 0.385. The molecule has 1 aromatic carbocycles. The molecule has 0 spiro atoms. The van der Waals surface area contributed by atoms with Crippen LogP contribution in [0.5, 0.6) is 0 Å². The highest BCUT2D eigenvalue weighted by molar-refractivity contribution is 7.91. The molecule has 0 aliphatic carbocycles. The van der Waals surface area contributed by atoms with Crippen molar-refractivity contribution in [2.75, 3.05) is 30.4 Å². The number of carbonyl (C=O) groups is 2. The van der Waals surface area contributed by atoms with Crippen LogP contribution in [-0.2, 0) is 9.84 Å². The molecule has 1 aromatic rings. The molecule has 0 aromatic heterocycles. The van der Waals surface area contributed by atoms with E-state index in [-0.39, 0.29) is 29.9 Å². The first-order valence-corrected chi connectivity index (χ1v) is 8.08. The molecule has 6 nitrogen and oxygen atoms in total. The van der Waals surface area contributed by atoms with E-state index in [2.05, 4.69) is 5.32 Å². The van der Waals surface area contributed by atoms with Gasteiger partial charge in [-0.05, 0) is 18.2 Å². The second-order valence-corrected chi connectivity index (χ2v) is 7.07. The normalized spacial score (nSPS) is 14.6. The molecule has 2 rings (SSSR count). The summed E-state index contributed by atoms with van der Waals surface area (Å²) in [7, 11) is -1.59. The Morgan fingerprint density at radius 3 is 2.45 bits per heavy atom. The maximum atomic E-state index is 11.8. The van der Waals surface area contributed by atoms with Crippen LogP contribution >= 0.6 is 0 Å². The standard InChI is InChI=1S/C13H16N2O4S/c1-3-20(18,19)7-6-14-9-4-5-10-11(8-9)13(17)15(2)12(10)16/h4-5,8,14H,3,6-7H2,1-2H3. The molecule has 1 aliphatic heterocycles. The summed E-state index contributed by atoms with van der Waals surface area (Å²) < 4.78 is 22.7. The average Bonchev–Trinajstić information content (AvgIpc) is 2.64. The van der Waals surface area contributed by atoms with Gasteiger partial charge in [0.05, 0.1) is 16.9 Å². The average molecular weight is 296 g/mol. The molecule has 1 heterocycles. The van der Waals surface area contributed by atoms with Crippen molar-refractivity contribution in [1.82, 2.24) is 4.90 Å². The second-order valence-electron chi connectivity index (χ2n) is 4.59. The van der Waals surface area contributed by atoms with E-state index < -0.39 is 9.84 Å². The molecule has 0 saturated carbocycles. The van der Waals surface area contributed by atoms with Crippen LogP contribution in [0.4, 0.5) is 5.69 Å². The zero-order chi connectivity index (χ0) is 14.9. The summed E-state index contributed by atoms with van der Waals surface area (Å²) in [4.78, 5) is 24.6. The summed E-state index contributed by atoms with van der Waals surface area (Å²) in [5.74, 6) is -0.510. The van der Waals surface area contributed by atoms with Gasteiger partial charge in [0.15, 0.2) is 9.84 Å². The summed E-state index contributed by atoms with van der Waals surface area (Å²) in [6, 6.07) is 4.83. The van der Waals surface area contributed by atoms with Gasteiger partial charge in [-0.25, -0.2) is 8.42 Å². The minimum atomic E-state index is -3.02. The molecule has 0 unspecified atom stereocenters. The summed E-state index contributed by atoms with van der Waals surface area (Å²) in [5.41, 5.74) is 1.36. The predicted octanol–water partition coefficient (Wildman–Crippen LogP) is 0.759. The number of rotatable bonds is 5. The van der Waals surface area contributed by atoms with E-state index in [4.69, 9.17) is 0 Å². The Balaban J connectivity index is 2.10. The number of fused-ring (bicyclic) bond motifs is 1. The Morgan fingerprint density at radius 2 is 1.80 bits per heavy atom. The van der Waals surface area contributed by atoms with E-state index in [0.717, 1.165) is 4.90 Å². The number of nitrogens with one attached hydrogen (secondary N) is 1. The van der Waals surface area contributed by atoms with Gasteiger partial charge in [-0.15, -0.1) is 0 Å². The van der Waals surface area contributed by atoms with Gasteiger partial charge in [0, 0.05) is 25.0 Å². The smallest absolute Gasteiger partial charge is 0.261 e. The van der Waals surface area contributed by atoms with Crippen LogP contribution in [0.2, 0.25) is 0 Å². The Kier molecular flexibility index (Phi) is 3.80. The van der Waals surface area contributed by atoms with Crippen molar-refractivity contribution in [3.05, 3.63) is 29.3 Å². The number of amides is 2. The summed E-state index contributed by atoms with van der Waals surface area (Å²) in [6.07, 6.45) is 0. The van der Waals surface area contributed by atoms with Gasteiger partial charge in [-0.2, -0.15) is 0 Å². The van der Waals surface area contributed by atoms with Gasteiger partial charge >= 0.3 is 0 Å². The maximum absolute atomic E-state index is 11.8. The number of hydrogen-bond donors (Lipinski definition) is 1. The molecule has 7 heteroatoms. The quantitative estimate of drug-likeness (QED) is 0.811. The molecule has 0 fully saturated rings. The number of sulfone groups is 1. The van der Waals surface area contributed by atoms with Gasteiger partial charge in [0.2, 0.25) is 0 Å². The van der Waals surface area contributed by atoms with Crippen LogP contribution in [0.1, 0.15) is 27.6 Å². The molecule has 0 saturated heterocycles. The van der Waals surface area contributed by atoms with Gasteiger partial charge in [-0.3, -0.25) is 14.5 Å². The molecule has 108 valence electrons. The maximum Gasteiger partial charge on any atom is 0.261 e. The van der Waals surface area contributed by atoms with E-state index in [1.165, 1.54) is 7.05 Å². The molecular formula is C13H16N2O4S. The molecule has 2 amide bonds. The molecular weight excluding hydrogens is 280 g/mol. The van der Waals surface area contributed by atoms with Crippen LogP contribution in [0.3, 0.4) is 0 Å². The second kappa shape index (κ2) is 5.24. The van der Waals surface area contributed by atoms with Crippen molar-refractivity contribution in [2.24, 2.45) is 0 Å². The lowest BCUT2D eigenvalue weighted by atomic mass is 10.1. The predicted molar refractivity (Wildman–Crippen MR) is 75.7 cm³/mol. The van der Waals surface area contributed by atoms with Crippen LogP contribution < -0.4 is 5.32 Å². The van der Waals surface area contributed by atoms with Crippen LogP contribution in [-0.4, -0.2) is 50.2 Å². The highest BCUT2D eigenvalue weighted by Gasteiger charge is 2.32. The van der Waals surface area contributed by atoms with Crippen LogP contribution in [0.25, 0.3) is 0 Å². The van der Waals surface area contributed by atoms with E-state index in [1.54, 1.807) is 25.1 Å². The number of nitrogens with zero attached hydrogens (tertiary/aromatic N) is 1. The van der Waals surface area contributed by atoms with E-state index >= 15 is 0 Å². The minimum Gasteiger partial charge on any atom is -0.384 e. The Bertz CT molecular complexity index is 667. The third-order valence-electron chi connectivity index (χ3n) is 3.27. The first-order valence-electron chi connectivity index (χ1n) is 6.26. The zero-order valence-corrected chi connectivity index (χ0v) is 12.2. The minimum absolute atomic E-state index is 0.0351. The number of anilines is 1. The lowest BCUT2D eigenvalue weighted by Gasteiger charge is -2.07. The lowest BCUT2D eigenvalue weighted by Crippen LogP contribution is -2.24. The Labute approximate surface area is 117 Å². The Morgan fingerprint density at radius 1 is 1.15 bits per heavy atom. The lowest BCUT2D eigenvalue weighted by molar-refractivity contribution is 0.0693. The SMILES string of the molecule is CCS(=O)(=O)CCNc1ccc2c(c1)C(=O)N(C)C2=O. The summed E-state index contributed by atoms with van der Waals surface area (Å²) in [6.45, 7) is 1.87. The topological polar surface area (TPSA) is 83.6 Å².